The van der Waals surface area contributed by atoms with E-state index in [0.29, 0.717) is 19.7 Å². The van der Waals surface area contributed by atoms with E-state index in [2.05, 4.69) is 5.16 Å². The van der Waals surface area contributed by atoms with Crippen molar-refractivity contribution in [3.05, 3.63) is 21.9 Å². The van der Waals surface area contributed by atoms with Crippen molar-refractivity contribution in [3.8, 4) is 0 Å². The molecule has 0 radical (unpaired) electrons. The van der Waals surface area contributed by atoms with Gasteiger partial charge in [0.15, 0.2) is 5.84 Å². The molecule has 1 fully saturated rings. The number of oxime groups is 1. The first-order chi connectivity index (χ1) is 8.63. The molecule has 0 aromatic carbocycles. The first-order valence-corrected chi connectivity index (χ1v) is 6.44. The molecule has 18 heavy (non-hydrogen) atoms. The fourth-order valence-corrected chi connectivity index (χ4v) is 2.70. The molecule has 7 heteroatoms. The van der Waals surface area contributed by atoms with E-state index >= 15 is 0 Å². The topological polar surface area (TPSA) is 88.2 Å². The Hall–Kier alpha value is -1.60. The summed E-state index contributed by atoms with van der Waals surface area (Å²) in [6.07, 6.45) is -0.534. The van der Waals surface area contributed by atoms with Crippen LogP contribution in [0.3, 0.4) is 0 Å². The van der Waals surface area contributed by atoms with Gasteiger partial charge in [0.2, 0.25) is 0 Å². The van der Waals surface area contributed by atoms with Crippen LogP contribution < -0.4 is 5.73 Å². The summed E-state index contributed by atoms with van der Waals surface area (Å²) in [6, 6.07) is 1.92. The molecule has 6 nitrogen and oxygen atoms in total. The Bertz CT molecular complexity index is 472. The van der Waals surface area contributed by atoms with Crippen molar-refractivity contribution in [3.63, 3.8) is 0 Å². The second-order valence-electron chi connectivity index (χ2n) is 4.07. The van der Waals surface area contributed by atoms with Gasteiger partial charge < -0.3 is 20.6 Å². The van der Waals surface area contributed by atoms with Crippen molar-refractivity contribution < 1.29 is 14.7 Å². The van der Waals surface area contributed by atoms with Crippen LogP contribution in [0, 0.1) is 6.92 Å². The van der Waals surface area contributed by atoms with Crippen molar-refractivity contribution in [1.29, 1.82) is 0 Å². The zero-order valence-electron chi connectivity index (χ0n) is 10.00. The number of rotatable bonds is 2. The third kappa shape index (κ3) is 2.46. The molecule has 1 amide bonds. The Morgan fingerprint density at radius 2 is 2.50 bits per heavy atom. The number of carbonyl (C=O) groups excluding carboxylic acids is 1. The lowest BCUT2D eigenvalue weighted by Crippen LogP contribution is -2.50. The van der Waals surface area contributed by atoms with Crippen molar-refractivity contribution in [2.45, 2.75) is 13.0 Å². The smallest absolute Gasteiger partial charge is 0.264 e. The number of thiophene rings is 1. The molecule has 0 spiro atoms. The highest BCUT2D eigenvalue weighted by Gasteiger charge is 2.28. The number of ether oxygens (including phenoxy) is 1. The largest absolute Gasteiger partial charge is 0.409 e. The fourth-order valence-electron chi connectivity index (χ4n) is 1.81. The van der Waals surface area contributed by atoms with Crippen LogP contribution in [0.25, 0.3) is 0 Å². The van der Waals surface area contributed by atoms with Gasteiger partial charge in [-0.1, -0.05) is 5.16 Å². The summed E-state index contributed by atoms with van der Waals surface area (Å²) in [5, 5.41) is 13.4. The van der Waals surface area contributed by atoms with Gasteiger partial charge in [-0.15, -0.1) is 11.3 Å². The van der Waals surface area contributed by atoms with Crippen molar-refractivity contribution in [2.75, 3.05) is 19.7 Å². The fraction of sp³-hybridized carbons (Fsp3) is 0.455. The maximum Gasteiger partial charge on any atom is 0.264 e. The van der Waals surface area contributed by atoms with E-state index in [4.69, 9.17) is 15.7 Å². The summed E-state index contributed by atoms with van der Waals surface area (Å²) in [5.74, 6) is -0.0306. The van der Waals surface area contributed by atoms with Gasteiger partial charge in [0.05, 0.1) is 18.0 Å². The number of hydrogen-bond donors (Lipinski definition) is 2. The van der Waals surface area contributed by atoms with E-state index < -0.39 is 6.10 Å². The highest BCUT2D eigenvalue weighted by molar-refractivity contribution is 7.12. The molecule has 2 heterocycles. The Balaban J connectivity index is 2.10. The second-order valence-corrected chi connectivity index (χ2v) is 4.98. The molecule has 2 rings (SSSR count). The third-order valence-electron chi connectivity index (χ3n) is 2.86. The number of carbonyl (C=O) groups is 1. The zero-order chi connectivity index (χ0) is 13.1. The summed E-state index contributed by atoms with van der Waals surface area (Å²) in [7, 11) is 0. The van der Waals surface area contributed by atoms with Gasteiger partial charge in [-0.2, -0.15) is 0 Å². The predicted molar refractivity (Wildman–Crippen MR) is 68.1 cm³/mol. The van der Waals surface area contributed by atoms with Crippen LogP contribution in [0.1, 0.15) is 15.2 Å². The number of amidine groups is 1. The van der Waals surface area contributed by atoms with Crippen molar-refractivity contribution >= 4 is 23.1 Å². The molecular formula is C11H15N3O3S. The number of aryl methyl sites for hydroxylation is 1. The first kappa shape index (κ1) is 12.8. The molecule has 1 aromatic heterocycles. The van der Waals surface area contributed by atoms with Crippen LogP contribution in [0.15, 0.2) is 16.6 Å². The second kappa shape index (κ2) is 5.36. The quantitative estimate of drug-likeness (QED) is 0.357. The average Bonchev–Trinajstić information content (AvgIpc) is 2.83. The number of nitrogens with two attached hydrogens (primary N) is 1. The van der Waals surface area contributed by atoms with Gasteiger partial charge in [0.1, 0.15) is 6.10 Å². The van der Waals surface area contributed by atoms with Gasteiger partial charge in [-0.3, -0.25) is 4.79 Å². The summed E-state index contributed by atoms with van der Waals surface area (Å²) in [6.45, 7) is 3.12. The highest BCUT2D eigenvalue weighted by Crippen LogP contribution is 2.19. The lowest BCUT2D eigenvalue weighted by molar-refractivity contribution is 0.00696. The maximum absolute atomic E-state index is 12.3. The minimum Gasteiger partial charge on any atom is -0.409 e. The monoisotopic (exact) mass is 269 g/mol. The standard InChI is InChI=1S/C11H15N3O3S/c1-7-2-5-18-9(7)11(15)14-3-4-17-8(6-14)10(12)13-16/h2,5,8,16H,3-4,6H2,1H3,(H2,12,13). The molecule has 1 aliphatic heterocycles. The first-order valence-electron chi connectivity index (χ1n) is 5.56. The van der Waals surface area contributed by atoms with Crippen molar-refractivity contribution in [1.82, 2.24) is 4.90 Å². The molecule has 3 N–H and O–H groups in total. The van der Waals surface area contributed by atoms with Crippen LogP contribution in [0.2, 0.25) is 0 Å². The van der Waals surface area contributed by atoms with Gasteiger partial charge in [0.25, 0.3) is 5.91 Å². The third-order valence-corrected chi connectivity index (χ3v) is 3.86. The van der Waals surface area contributed by atoms with E-state index in [1.54, 1.807) is 4.90 Å². The minimum atomic E-state index is -0.534. The average molecular weight is 269 g/mol. The zero-order valence-corrected chi connectivity index (χ0v) is 10.8. The molecule has 0 saturated carbocycles. The molecule has 1 aliphatic rings. The summed E-state index contributed by atoms with van der Waals surface area (Å²) >= 11 is 1.42. The predicted octanol–water partition coefficient (Wildman–Crippen LogP) is 0.644. The SMILES string of the molecule is Cc1ccsc1C(=O)N1CCOC(C(N)=NO)C1. The molecule has 1 aromatic rings. The summed E-state index contributed by atoms with van der Waals surface area (Å²) in [5.41, 5.74) is 6.47. The van der Waals surface area contributed by atoms with Crippen molar-refractivity contribution in [2.24, 2.45) is 10.9 Å². The van der Waals surface area contributed by atoms with Gasteiger partial charge in [-0.25, -0.2) is 0 Å². The molecule has 1 unspecified atom stereocenters. The van der Waals surface area contributed by atoms with Gasteiger partial charge >= 0.3 is 0 Å². The highest BCUT2D eigenvalue weighted by atomic mass is 32.1. The lowest BCUT2D eigenvalue weighted by Gasteiger charge is -2.32. The van der Waals surface area contributed by atoms with Crippen LogP contribution in [-0.2, 0) is 4.74 Å². The number of nitrogens with zero attached hydrogens (tertiary/aromatic N) is 2. The van der Waals surface area contributed by atoms with Gasteiger partial charge in [0, 0.05) is 6.54 Å². The molecule has 0 aliphatic carbocycles. The minimum absolute atomic E-state index is 0.00426. The number of hydrogen-bond acceptors (Lipinski definition) is 5. The molecule has 1 saturated heterocycles. The lowest BCUT2D eigenvalue weighted by atomic mass is 10.2. The maximum atomic E-state index is 12.3. The number of amides is 1. The van der Waals surface area contributed by atoms with E-state index in [1.165, 1.54) is 11.3 Å². The van der Waals surface area contributed by atoms with E-state index in [0.717, 1.165) is 10.4 Å². The summed E-state index contributed by atoms with van der Waals surface area (Å²) in [4.78, 5) is 14.7. The Morgan fingerprint density at radius 3 is 3.11 bits per heavy atom. The molecule has 98 valence electrons. The Kier molecular flexibility index (Phi) is 3.83. The van der Waals surface area contributed by atoms with Gasteiger partial charge in [-0.05, 0) is 23.9 Å². The Labute approximate surface area is 109 Å². The van der Waals surface area contributed by atoms with Crippen LogP contribution in [0.4, 0.5) is 0 Å². The molecule has 0 bridgehead atoms. The van der Waals surface area contributed by atoms with E-state index in [1.807, 2.05) is 18.4 Å². The molecule has 1 atom stereocenters. The van der Waals surface area contributed by atoms with Crippen LogP contribution in [-0.4, -0.2) is 47.7 Å². The Morgan fingerprint density at radius 1 is 1.72 bits per heavy atom. The normalized spacial score (nSPS) is 21.1. The van der Waals surface area contributed by atoms with E-state index in [-0.39, 0.29) is 11.7 Å². The molecular weight excluding hydrogens is 254 g/mol. The van der Waals surface area contributed by atoms with Crippen LogP contribution in [0.5, 0.6) is 0 Å². The summed E-state index contributed by atoms with van der Waals surface area (Å²) < 4.78 is 5.35. The van der Waals surface area contributed by atoms with Crippen LogP contribution >= 0.6 is 11.3 Å². The number of morpholine rings is 1. The van der Waals surface area contributed by atoms with E-state index in [9.17, 15) is 4.79 Å².